The minimum absolute atomic E-state index is 0.0536. The zero-order valence-electron chi connectivity index (χ0n) is 14.2. The molecule has 130 valence electrons. The molecule has 0 radical (unpaired) electrons. The van der Waals surface area contributed by atoms with Gasteiger partial charge in [-0.2, -0.15) is 0 Å². The van der Waals surface area contributed by atoms with E-state index in [9.17, 15) is 4.79 Å². The highest BCUT2D eigenvalue weighted by Crippen LogP contribution is 2.21. The number of carbonyl (C=O) groups is 1. The monoisotopic (exact) mass is 332 g/mol. The average molecular weight is 332 g/mol. The van der Waals surface area contributed by atoms with Crippen LogP contribution in [0.4, 0.5) is 0 Å². The second kappa shape index (κ2) is 7.79. The number of hydrogen-bond donors (Lipinski definition) is 1. The lowest BCUT2D eigenvalue weighted by Crippen LogP contribution is -2.50. The lowest BCUT2D eigenvalue weighted by atomic mass is 10.0. The predicted octanol–water partition coefficient (Wildman–Crippen LogP) is 1.90. The quantitative estimate of drug-likeness (QED) is 0.875. The van der Waals surface area contributed by atoms with E-state index in [0.717, 1.165) is 18.4 Å². The number of nitrogens with one attached hydrogen (secondary N) is 1. The third-order valence-corrected chi connectivity index (χ3v) is 4.22. The summed E-state index contributed by atoms with van der Waals surface area (Å²) in [6.45, 7) is 2.58. The first kappa shape index (κ1) is 17.0. The first-order valence-electron chi connectivity index (χ1n) is 8.26. The maximum absolute atomic E-state index is 12.6. The SMILES string of the molecule is CN(C)CCO[C@@H]1COCC[C@H]1NC(=O)c1coc2ccccc12. The highest BCUT2D eigenvalue weighted by atomic mass is 16.5. The number of amides is 1. The number of hydrogen-bond acceptors (Lipinski definition) is 5. The first-order valence-corrected chi connectivity index (χ1v) is 8.26. The molecule has 1 saturated heterocycles. The Balaban J connectivity index is 1.65. The van der Waals surface area contributed by atoms with E-state index in [4.69, 9.17) is 13.9 Å². The number of benzene rings is 1. The van der Waals surface area contributed by atoms with Gasteiger partial charge in [-0.15, -0.1) is 0 Å². The predicted molar refractivity (Wildman–Crippen MR) is 91.2 cm³/mol. The summed E-state index contributed by atoms with van der Waals surface area (Å²) in [5, 5.41) is 3.91. The zero-order chi connectivity index (χ0) is 16.9. The van der Waals surface area contributed by atoms with Crippen molar-refractivity contribution in [3.63, 3.8) is 0 Å². The Hall–Kier alpha value is -1.89. The van der Waals surface area contributed by atoms with Crippen LogP contribution in [0.15, 0.2) is 34.9 Å². The van der Waals surface area contributed by atoms with Crippen molar-refractivity contribution in [2.45, 2.75) is 18.6 Å². The molecular formula is C18H24N2O4. The molecule has 0 saturated carbocycles. The Morgan fingerprint density at radius 1 is 1.38 bits per heavy atom. The van der Waals surface area contributed by atoms with E-state index < -0.39 is 0 Å². The van der Waals surface area contributed by atoms with Crippen LogP contribution in [0.2, 0.25) is 0 Å². The highest BCUT2D eigenvalue weighted by Gasteiger charge is 2.29. The molecule has 0 spiro atoms. The van der Waals surface area contributed by atoms with Crippen molar-refractivity contribution in [3.05, 3.63) is 36.1 Å². The zero-order valence-corrected chi connectivity index (χ0v) is 14.2. The number of likely N-dealkylation sites (N-methyl/N-ethyl adjacent to an activating group) is 1. The van der Waals surface area contributed by atoms with Crippen LogP contribution in [0.5, 0.6) is 0 Å². The number of furan rings is 1. The lowest BCUT2D eigenvalue weighted by molar-refractivity contribution is -0.0690. The summed E-state index contributed by atoms with van der Waals surface area (Å²) < 4.78 is 16.9. The molecule has 1 aliphatic rings. The number of carbonyl (C=O) groups excluding carboxylic acids is 1. The third-order valence-electron chi connectivity index (χ3n) is 4.22. The van der Waals surface area contributed by atoms with Gasteiger partial charge in [-0.05, 0) is 26.6 Å². The number of rotatable bonds is 6. The first-order chi connectivity index (χ1) is 11.6. The topological polar surface area (TPSA) is 63.9 Å². The Morgan fingerprint density at radius 3 is 3.04 bits per heavy atom. The molecule has 1 fully saturated rings. The summed E-state index contributed by atoms with van der Waals surface area (Å²) in [5.41, 5.74) is 1.28. The van der Waals surface area contributed by atoms with Gasteiger partial charge in [0.05, 0.1) is 24.8 Å². The molecule has 1 aromatic carbocycles. The van der Waals surface area contributed by atoms with Gasteiger partial charge in [0.25, 0.3) is 5.91 Å². The van der Waals surface area contributed by atoms with Crippen LogP contribution in [-0.4, -0.2) is 63.4 Å². The van der Waals surface area contributed by atoms with Gasteiger partial charge in [0, 0.05) is 18.5 Å². The number of fused-ring (bicyclic) bond motifs is 1. The summed E-state index contributed by atoms with van der Waals surface area (Å²) in [6, 6.07) is 7.48. The van der Waals surface area contributed by atoms with Gasteiger partial charge in [0.15, 0.2) is 0 Å². The van der Waals surface area contributed by atoms with Crippen molar-refractivity contribution in [1.82, 2.24) is 10.2 Å². The smallest absolute Gasteiger partial charge is 0.255 e. The minimum Gasteiger partial charge on any atom is -0.463 e. The minimum atomic E-state index is -0.131. The van der Waals surface area contributed by atoms with Gasteiger partial charge in [0.2, 0.25) is 0 Å². The summed E-state index contributed by atoms with van der Waals surface area (Å²) >= 11 is 0. The molecule has 2 atom stereocenters. The fourth-order valence-electron chi connectivity index (χ4n) is 2.83. The van der Waals surface area contributed by atoms with Crippen molar-refractivity contribution in [1.29, 1.82) is 0 Å². The van der Waals surface area contributed by atoms with Crippen LogP contribution in [0.3, 0.4) is 0 Å². The summed E-state index contributed by atoms with van der Waals surface area (Å²) in [5.74, 6) is -0.131. The van der Waals surface area contributed by atoms with E-state index in [1.807, 2.05) is 38.4 Å². The van der Waals surface area contributed by atoms with Crippen LogP contribution in [0, 0.1) is 0 Å². The van der Waals surface area contributed by atoms with Crippen molar-refractivity contribution in [3.8, 4) is 0 Å². The van der Waals surface area contributed by atoms with E-state index in [-0.39, 0.29) is 18.1 Å². The molecule has 24 heavy (non-hydrogen) atoms. The molecule has 0 bridgehead atoms. The Morgan fingerprint density at radius 2 is 2.21 bits per heavy atom. The number of ether oxygens (including phenoxy) is 2. The van der Waals surface area contributed by atoms with E-state index >= 15 is 0 Å². The highest BCUT2D eigenvalue weighted by molar-refractivity contribution is 6.06. The van der Waals surface area contributed by atoms with Crippen molar-refractivity contribution < 1.29 is 18.7 Å². The maximum atomic E-state index is 12.6. The van der Waals surface area contributed by atoms with Crippen molar-refractivity contribution in [2.75, 3.05) is 40.5 Å². The van der Waals surface area contributed by atoms with Crippen LogP contribution in [0.1, 0.15) is 16.8 Å². The van der Waals surface area contributed by atoms with E-state index in [1.165, 1.54) is 6.26 Å². The second-order valence-corrected chi connectivity index (χ2v) is 6.30. The van der Waals surface area contributed by atoms with E-state index in [1.54, 1.807) is 0 Å². The molecular weight excluding hydrogens is 308 g/mol. The van der Waals surface area contributed by atoms with Crippen LogP contribution in [0.25, 0.3) is 11.0 Å². The average Bonchev–Trinajstić information content (AvgIpc) is 3.00. The van der Waals surface area contributed by atoms with Gasteiger partial charge < -0.3 is 24.1 Å². The molecule has 1 N–H and O–H groups in total. The normalized spacial score (nSPS) is 21.3. The molecule has 1 aromatic heterocycles. The molecule has 1 aliphatic heterocycles. The summed E-state index contributed by atoms with van der Waals surface area (Å²) in [4.78, 5) is 14.7. The molecule has 1 amide bonds. The number of nitrogens with zero attached hydrogens (tertiary/aromatic N) is 1. The Kier molecular flexibility index (Phi) is 5.50. The fraction of sp³-hybridized carbons (Fsp3) is 0.500. The van der Waals surface area contributed by atoms with Crippen LogP contribution < -0.4 is 5.32 Å². The Labute approximate surface area is 141 Å². The molecule has 3 rings (SSSR count). The molecule has 6 nitrogen and oxygen atoms in total. The van der Waals surface area contributed by atoms with Crippen molar-refractivity contribution >= 4 is 16.9 Å². The summed E-state index contributed by atoms with van der Waals surface area (Å²) in [7, 11) is 4.01. The van der Waals surface area contributed by atoms with Gasteiger partial charge in [-0.25, -0.2) is 0 Å². The standard InChI is InChI=1S/C18H24N2O4/c1-20(2)8-10-23-17-12-22-9-7-15(17)19-18(21)14-11-24-16-6-4-3-5-13(14)16/h3-6,11,15,17H,7-10,12H2,1-2H3,(H,19,21)/t15-,17-/m1/s1. The number of para-hydroxylation sites is 1. The van der Waals surface area contributed by atoms with Gasteiger partial charge in [-0.3, -0.25) is 4.79 Å². The van der Waals surface area contributed by atoms with Gasteiger partial charge in [-0.1, -0.05) is 18.2 Å². The lowest BCUT2D eigenvalue weighted by Gasteiger charge is -2.32. The van der Waals surface area contributed by atoms with Crippen LogP contribution in [-0.2, 0) is 9.47 Å². The molecule has 6 heteroatoms. The largest absolute Gasteiger partial charge is 0.463 e. The maximum Gasteiger partial charge on any atom is 0.255 e. The second-order valence-electron chi connectivity index (χ2n) is 6.30. The van der Waals surface area contributed by atoms with Crippen molar-refractivity contribution in [2.24, 2.45) is 0 Å². The molecule has 0 aliphatic carbocycles. The summed E-state index contributed by atoms with van der Waals surface area (Å²) in [6.07, 6.45) is 2.14. The van der Waals surface area contributed by atoms with Gasteiger partial charge >= 0.3 is 0 Å². The van der Waals surface area contributed by atoms with Crippen LogP contribution >= 0.6 is 0 Å². The fourth-order valence-corrected chi connectivity index (χ4v) is 2.83. The molecule has 2 aromatic rings. The van der Waals surface area contributed by atoms with E-state index in [0.29, 0.717) is 31.0 Å². The van der Waals surface area contributed by atoms with Gasteiger partial charge in [0.1, 0.15) is 18.0 Å². The molecule has 0 unspecified atom stereocenters. The molecule has 2 heterocycles. The van der Waals surface area contributed by atoms with E-state index in [2.05, 4.69) is 10.2 Å². The Bertz CT molecular complexity index is 682. The third kappa shape index (κ3) is 3.95.